The highest BCUT2D eigenvalue weighted by Crippen LogP contribution is 2.39. The van der Waals surface area contributed by atoms with Gasteiger partial charge in [-0.3, -0.25) is 9.69 Å². The SMILES string of the molecule is CCOC(=O)c1ccc2c(c1)C(O)(C(C=O)N(C)C)C(=O)N2. The van der Waals surface area contributed by atoms with Crippen LogP contribution in [0.2, 0.25) is 0 Å². The minimum absolute atomic E-state index is 0.189. The molecular formula is C15H18N2O5. The summed E-state index contributed by atoms with van der Waals surface area (Å²) in [5, 5.41) is 13.4. The molecule has 0 spiro atoms. The summed E-state index contributed by atoms with van der Waals surface area (Å²) in [5.41, 5.74) is -1.29. The number of carbonyl (C=O) groups is 3. The van der Waals surface area contributed by atoms with E-state index in [0.717, 1.165) is 0 Å². The first-order valence-electron chi connectivity index (χ1n) is 6.83. The van der Waals surface area contributed by atoms with Crippen molar-refractivity contribution in [1.29, 1.82) is 0 Å². The van der Waals surface area contributed by atoms with E-state index in [-0.39, 0.29) is 17.7 Å². The van der Waals surface area contributed by atoms with Crippen molar-refractivity contribution in [2.75, 3.05) is 26.0 Å². The highest BCUT2D eigenvalue weighted by Gasteiger charge is 2.52. The van der Waals surface area contributed by atoms with Gasteiger partial charge < -0.3 is 20.0 Å². The molecule has 7 heteroatoms. The highest BCUT2D eigenvalue weighted by molar-refractivity contribution is 6.08. The molecule has 1 aromatic rings. The molecule has 2 atom stereocenters. The molecule has 118 valence electrons. The third-order valence-corrected chi connectivity index (χ3v) is 3.65. The minimum atomic E-state index is -2.05. The van der Waals surface area contributed by atoms with Gasteiger partial charge in [-0.25, -0.2) is 4.79 Å². The van der Waals surface area contributed by atoms with Crippen LogP contribution in [0.5, 0.6) is 0 Å². The molecule has 1 aliphatic heterocycles. The summed E-state index contributed by atoms with van der Waals surface area (Å²) in [7, 11) is 3.16. The number of hydrogen-bond acceptors (Lipinski definition) is 6. The van der Waals surface area contributed by atoms with Gasteiger partial charge in [0.15, 0.2) is 5.60 Å². The van der Waals surface area contributed by atoms with Crippen molar-refractivity contribution in [3.05, 3.63) is 29.3 Å². The zero-order valence-electron chi connectivity index (χ0n) is 12.6. The lowest BCUT2D eigenvalue weighted by molar-refractivity contribution is -0.144. The Morgan fingerprint density at radius 2 is 2.18 bits per heavy atom. The number of amides is 1. The van der Waals surface area contributed by atoms with Crippen LogP contribution in [0.15, 0.2) is 18.2 Å². The van der Waals surface area contributed by atoms with Crippen molar-refractivity contribution in [1.82, 2.24) is 4.90 Å². The Morgan fingerprint density at radius 3 is 2.73 bits per heavy atom. The first kappa shape index (κ1) is 16.1. The third-order valence-electron chi connectivity index (χ3n) is 3.65. The minimum Gasteiger partial charge on any atom is -0.462 e. The summed E-state index contributed by atoms with van der Waals surface area (Å²) in [4.78, 5) is 36.8. The number of aldehydes is 1. The second-order valence-electron chi connectivity index (χ2n) is 5.25. The Labute approximate surface area is 127 Å². The van der Waals surface area contributed by atoms with Crippen molar-refractivity contribution in [2.24, 2.45) is 0 Å². The summed E-state index contributed by atoms with van der Waals surface area (Å²) in [6.07, 6.45) is 0.506. The Bertz CT molecular complexity index is 628. The first-order valence-corrected chi connectivity index (χ1v) is 6.83. The lowest BCUT2D eigenvalue weighted by atomic mass is 9.86. The van der Waals surface area contributed by atoms with E-state index >= 15 is 0 Å². The summed E-state index contributed by atoms with van der Waals surface area (Å²) in [6.45, 7) is 1.90. The van der Waals surface area contributed by atoms with E-state index in [1.807, 2.05) is 0 Å². The van der Waals surface area contributed by atoms with Crippen molar-refractivity contribution in [3.63, 3.8) is 0 Å². The lowest BCUT2D eigenvalue weighted by Gasteiger charge is -2.31. The zero-order valence-corrected chi connectivity index (χ0v) is 12.6. The molecule has 2 rings (SSSR count). The van der Waals surface area contributed by atoms with Gasteiger partial charge in [0.2, 0.25) is 0 Å². The van der Waals surface area contributed by atoms with Gasteiger partial charge in [0.1, 0.15) is 12.3 Å². The number of hydrogen-bond donors (Lipinski definition) is 2. The van der Waals surface area contributed by atoms with Crippen LogP contribution in [0, 0.1) is 0 Å². The predicted octanol–water partition coefficient (Wildman–Crippen LogP) is 0.132. The van der Waals surface area contributed by atoms with Crippen LogP contribution < -0.4 is 5.32 Å². The van der Waals surface area contributed by atoms with Gasteiger partial charge in [-0.05, 0) is 39.2 Å². The first-order chi connectivity index (χ1) is 10.4. The number of nitrogens with zero attached hydrogens (tertiary/aromatic N) is 1. The van der Waals surface area contributed by atoms with Gasteiger partial charge in [0.05, 0.1) is 12.2 Å². The van der Waals surface area contributed by atoms with E-state index < -0.39 is 23.5 Å². The molecular weight excluding hydrogens is 288 g/mol. The molecule has 0 aliphatic carbocycles. The summed E-state index contributed by atoms with van der Waals surface area (Å²) in [6, 6.07) is 3.31. The molecule has 0 aromatic heterocycles. The molecule has 0 fully saturated rings. The zero-order chi connectivity index (χ0) is 16.5. The second-order valence-corrected chi connectivity index (χ2v) is 5.25. The fourth-order valence-electron chi connectivity index (χ4n) is 2.54. The number of ether oxygens (including phenoxy) is 1. The van der Waals surface area contributed by atoms with Crippen molar-refractivity contribution >= 4 is 23.9 Å². The maximum atomic E-state index is 12.2. The molecule has 0 bridgehead atoms. The molecule has 1 aromatic carbocycles. The molecule has 22 heavy (non-hydrogen) atoms. The van der Waals surface area contributed by atoms with E-state index in [1.54, 1.807) is 21.0 Å². The normalized spacial score (nSPS) is 21.2. The number of likely N-dealkylation sites (N-methyl/N-ethyl adjacent to an activating group) is 1. The second kappa shape index (κ2) is 5.86. The van der Waals surface area contributed by atoms with Crippen LogP contribution in [-0.4, -0.2) is 54.9 Å². The molecule has 7 nitrogen and oxygen atoms in total. The molecule has 1 amide bonds. The Morgan fingerprint density at radius 1 is 1.50 bits per heavy atom. The van der Waals surface area contributed by atoms with E-state index in [4.69, 9.17) is 4.74 Å². The van der Waals surface area contributed by atoms with E-state index in [9.17, 15) is 19.5 Å². The summed E-state index contributed by atoms with van der Waals surface area (Å²) in [5.74, 6) is -1.26. The average molecular weight is 306 g/mol. The number of anilines is 1. The van der Waals surface area contributed by atoms with Crippen molar-refractivity contribution in [2.45, 2.75) is 18.6 Å². The molecule has 0 radical (unpaired) electrons. The van der Waals surface area contributed by atoms with E-state index in [1.165, 1.54) is 23.1 Å². The third kappa shape index (κ3) is 2.38. The fourth-order valence-corrected chi connectivity index (χ4v) is 2.54. The van der Waals surface area contributed by atoms with Gasteiger partial charge in [0.25, 0.3) is 5.91 Å². The summed E-state index contributed by atoms with van der Waals surface area (Å²) >= 11 is 0. The predicted molar refractivity (Wildman–Crippen MR) is 78.5 cm³/mol. The highest BCUT2D eigenvalue weighted by atomic mass is 16.5. The molecule has 1 aliphatic rings. The van der Waals surface area contributed by atoms with Crippen LogP contribution in [0.1, 0.15) is 22.8 Å². The fraction of sp³-hybridized carbons (Fsp3) is 0.400. The Kier molecular flexibility index (Phi) is 4.30. The Balaban J connectivity index is 2.54. The molecule has 1 heterocycles. The van der Waals surface area contributed by atoms with Crippen LogP contribution in [0.4, 0.5) is 5.69 Å². The van der Waals surface area contributed by atoms with E-state index in [2.05, 4.69) is 5.32 Å². The van der Waals surface area contributed by atoms with Gasteiger partial charge in [-0.1, -0.05) is 0 Å². The molecule has 2 N–H and O–H groups in total. The smallest absolute Gasteiger partial charge is 0.338 e. The van der Waals surface area contributed by atoms with Crippen molar-refractivity contribution < 1.29 is 24.2 Å². The molecule has 0 saturated heterocycles. The number of rotatable bonds is 5. The number of esters is 1. The van der Waals surface area contributed by atoms with Gasteiger partial charge in [-0.15, -0.1) is 0 Å². The Hall–Kier alpha value is -2.25. The number of aliphatic hydroxyl groups is 1. The van der Waals surface area contributed by atoms with Gasteiger partial charge in [0, 0.05) is 11.3 Å². The number of fused-ring (bicyclic) bond motifs is 1. The number of carbonyl (C=O) groups excluding carboxylic acids is 3. The van der Waals surface area contributed by atoms with Crippen LogP contribution in [0.25, 0.3) is 0 Å². The quantitative estimate of drug-likeness (QED) is 0.593. The standard InChI is InChI=1S/C15H18N2O5/c1-4-22-13(19)9-5-6-11-10(7-9)15(21,14(20)16-11)12(8-18)17(2)3/h5-8,12,21H,4H2,1-3H3,(H,16,20). The van der Waals surface area contributed by atoms with Gasteiger partial charge in [-0.2, -0.15) is 0 Å². The van der Waals surface area contributed by atoms with Crippen LogP contribution in [0.3, 0.4) is 0 Å². The molecule has 2 unspecified atom stereocenters. The topological polar surface area (TPSA) is 95.9 Å². The maximum absolute atomic E-state index is 12.2. The van der Waals surface area contributed by atoms with Crippen molar-refractivity contribution in [3.8, 4) is 0 Å². The monoisotopic (exact) mass is 306 g/mol. The van der Waals surface area contributed by atoms with Crippen LogP contribution in [-0.2, 0) is 19.9 Å². The lowest BCUT2D eigenvalue weighted by Crippen LogP contribution is -2.53. The van der Waals surface area contributed by atoms with Gasteiger partial charge >= 0.3 is 5.97 Å². The number of benzene rings is 1. The van der Waals surface area contributed by atoms with E-state index in [0.29, 0.717) is 12.0 Å². The van der Waals surface area contributed by atoms with Crippen LogP contribution >= 0.6 is 0 Å². The largest absolute Gasteiger partial charge is 0.462 e. The average Bonchev–Trinajstić information content (AvgIpc) is 2.71. The summed E-state index contributed by atoms with van der Waals surface area (Å²) < 4.78 is 4.91. The number of nitrogens with one attached hydrogen (secondary N) is 1. The molecule has 0 saturated carbocycles. The maximum Gasteiger partial charge on any atom is 0.338 e.